The van der Waals surface area contributed by atoms with E-state index in [1.807, 2.05) is 13.8 Å². The lowest BCUT2D eigenvalue weighted by Gasteiger charge is -2.31. The molecule has 3 heterocycles. The van der Waals surface area contributed by atoms with Gasteiger partial charge in [-0.3, -0.25) is 19.0 Å². The summed E-state index contributed by atoms with van der Waals surface area (Å²) >= 11 is 1.29. The molecule has 2 aliphatic rings. The van der Waals surface area contributed by atoms with Crippen molar-refractivity contribution in [2.75, 3.05) is 18.0 Å². The molecule has 0 bridgehead atoms. The molecule has 0 aromatic carbocycles. The van der Waals surface area contributed by atoms with E-state index in [1.54, 1.807) is 0 Å². The van der Waals surface area contributed by atoms with Gasteiger partial charge in [0.05, 0.1) is 5.92 Å². The Hall–Kier alpha value is -2.49. The van der Waals surface area contributed by atoms with Crippen LogP contribution in [0.25, 0.3) is 10.3 Å². The Morgan fingerprint density at radius 1 is 1.33 bits per heavy atom. The summed E-state index contributed by atoms with van der Waals surface area (Å²) in [6.07, 6.45) is 6.14. The number of carbonyl (C=O) groups excluding carboxylic acids is 2. The molecule has 1 saturated carbocycles. The van der Waals surface area contributed by atoms with Crippen LogP contribution in [0.3, 0.4) is 0 Å². The smallest absolute Gasteiger partial charge is 0.273 e. The van der Waals surface area contributed by atoms with E-state index in [9.17, 15) is 14.4 Å². The lowest BCUT2D eigenvalue weighted by molar-refractivity contribution is -0.125. The Labute approximate surface area is 178 Å². The Balaban J connectivity index is 1.49. The average Bonchev–Trinajstić information content (AvgIpc) is 3.44. The number of carbonyl (C=O) groups is 2. The third kappa shape index (κ3) is 4.63. The molecular formula is C20H28N6O3S. The summed E-state index contributed by atoms with van der Waals surface area (Å²) in [5.41, 5.74) is 0.131. The van der Waals surface area contributed by atoms with Crippen molar-refractivity contribution in [1.82, 2.24) is 25.2 Å². The number of piperidine rings is 1. The highest BCUT2D eigenvalue weighted by atomic mass is 32.1. The van der Waals surface area contributed by atoms with E-state index < -0.39 is 0 Å². The van der Waals surface area contributed by atoms with E-state index in [4.69, 9.17) is 0 Å². The highest BCUT2D eigenvalue weighted by Gasteiger charge is 2.31. The van der Waals surface area contributed by atoms with Crippen molar-refractivity contribution >= 4 is 38.6 Å². The predicted octanol–water partition coefficient (Wildman–Crippen LogP) is 1.26. The minimum absolute atomic E-state index is 0.0553. The van der Waals surface area contributed by atoms with Crippen molar-refractivity contribution in [3.8, 4) is 0 Å². The molecule has 1 saturated heterocycles. The number of hydrogen-bond acceptors (Lipinski definition) is 7. The fourth-order valence-corrected chi connectivity index (χ4v) is 4.58. The van der Waals surface area contributed by atoms with Gasteiger partial charge in [0.2, 0.25) is 11.8 Å². The summed E-state index contributed by atoms with van der Waals surface area (Å²) in [5, 5.41) is 6.66. The molecule has 30 heavy (non-hydrogen) atoms. The third-order valence-electron chi connectivity index (χ3n) is 5.69. The number of thiazole rings is 1. The fourth-order valence-electron chi connectivity index (χ4n) is 3.57. The number of amides is 2. The van der Waals surface area contributed by atoms with Gasteiger partial charge in [0.1, 0.15) is 17.6 Å². The van der Waals surface area contributed by atoms with Crippen LogP contribution in [0.5, 0.6) is 0 Å². The maximum atomic E-state index is 12.8. The molecule has 4 rings (SSSR count). The standard InChI is InChI=1S/C20H28N6O3S/c1-3-12(2)22-15(27)10-26-11-21-17-16(19(26)29)30-20(24-17)25-8-4-5-13(9-25)18(28)23-14-6-7-14/h11-14H,3-10H2,1-2H3,(H,22,27)(H,23,28)/t12-,13-/m1/s1. The number of anilines is 1. The molecule has 2 amide bonds. The summed E-state index contributed by atoms with van der Waals surface area (Å²) in [7, 11) is 0. The molecule has 10 heteroatoms. The van der Waals surface area contributed by atoms with Crippen LogP contribution in [0.15, 0.2) is 11.1 Å². The lowest BCUT2D eigenvalue weighted by atomic mass is 9.97. The van der Waals surface area contributed by atoms with Crippen molar-refractivity contribution in [2.24, 2.45) is 5.92 Å². The molecule has 1 aliphatic heterocycles. The largest absolute Gasteiger partial charge is 0.353 e. The normalized spacial score (nSPS) is 20.2. The Morgan fingerprint density at radius 2 is 2.13 bits per heavy atom. The van der Waals surface area contributed by atoms with Crippen molar-refractivity contribution in [1.29, 1.82) is 0 Å². The van der Waals surface area contributed by atoms with Crippen molar-refractivity contribution in [3.05, 3.63) is 16.7 Å². The minimum Gasteiger partial charge on any atom is -0.353 e. The molecule has 2 aromatic heterocycles. The lowest BCUT2D eigenvalue weighted by Crippen LogP contribution is -2.43. The van der Waals surface area contributed by atoms with Crippen LogP contribution in [-0.2, 0) is 16.1 Å². The number of rotatable bonds is 7. The summed E-state index contributed by atoms with van der Waals surface area (Å²) in [6, 6.07) is 0.416. The van der Waals surface area contributed by atoms with Gasteiger partial charge in [0.15, 0.2) is 10.8 Å². The molecule has 2 fully saturated rings. The molecular weight excluding hydrogens is 404 g/mol. The van der Waals surface area contributed by atoms with Crippen LogP contribution in [0.4, 0.5) is 5.13 Å². The SMILES string of the molecule is CC[C@@H](C)NC(=O)Cn1cnc2nc(N3CCC[C@@H](C(=O)NC4CC4)C3)sc2c1=O. The van der Waals surface area contributed by atoms with Gasteiger partial charge in [-0.25, -0.2) is 4.98 Å². The van der Waals surface area contributed by atoms with Crippen LogP contribution >= 0.6 is 11.3 Å². The van der Waals surface area contributed by atoms with Gasteiger partial charge in [-0.1, -0.05) is 18.3 Å². The van der Waals surface area contributed by atoms with Gasteiger partial charge < -0.3 is 15.5 Å². The molecule has 162 valence electrons. The molecule has 0 spiro atoms. The number of fused-ring (bicyclic) bond motifs is 1. The van der Waals surface area contributed by atoms with Crippen molar-refractivity contribution < 1.29 is 9.59 Å². The highest BCUT2D eigenvalue weighted by Crippen LogP contribution is 2.30. The Bertz CT molecular complexity index is 998. The van der Waals surface area contributed by atoms with Crippen LogP contribution in [0.2, 0.25) is 0 Å². The van der Waals surface area contributed by atoms with Gasteiger partial charge in [0.25, 0.3) is 5.56 Å². The van der Waals surface area contributed by atoms with Crippen LogP contribution in [0.1, 0.15) is 46.0 Å². The van der Waals surface area contributed by atoms with Gasteiger partial charge >= 0.3 is 0 Å². The zero-order chi connectivity index (χ0) is 21.3. The number of nitrogens with one attached hydrogen (secondary N) is 2. The number of aromatic nitrogens is 3. The summed E-state index contributed by atoms with van der Waals surface area (Å²) in [6.45, 7) is 5.26. The fraction of sp³-hybridized carbons (Fsp3) is 0.650. The first-order chi connectivity index (χ1) is 14.4. The second-order valence-electron chi connectivity index (χ2n) is 8.27. The van der Waals surface area contributed by atoms with Gasteiger partial charge in [-0.2, -0.15) is 4.98 Å². The maximum Gasteiger partial charge on any atom is 0.273 e. The number of hydrogen-bond donors (Lipinski definition) is 2. The first kappa shape index (κ1) is 20.8. The van der Waals surface area contributed by atoms with E-state index in [1.165, 1.54) is 22.2 Å². The third-order valence-corrected chi connectivity index (χ3v) is 6.79. The van der Waals surface area contributed by atoms with E-state index in [0.717, 1.165) is 38.6 Å². The molecule has 2 atom stereocenters. The molecule has 2 aromatic rings. The van der Waals surface area contributed by atoms with Crippen molar-refractivity contribution in [2.45, 2.75) is 64.6 Å². The first-order valence-corrected chi connectivity index (χ1v) is 11.5. The van der Waals surface area contributed by atoms with Gasteiger partial charge in [-0.15, -0.1) is 0 Å². The second-order valence-corrected chi connectivity index (χ2v) is 9.25. The summed E-state index contributed by atoms with van der Waals surface area (Å²) < 4.78 is 1.76. The van der Waals surface area contributed by atoms with E-state index >= 15 is 0 Å². The molecule has 1 aliphatic carbocycles. The highest BCUT2D eigenvalue weighted by molar-refractivity contribution is 7.22. The van der Waals surface area contributed by atoms with E-state index in [2.05, 4.69) is 25.5 Å². The van der Waals surface area contributed by atoms with Gasteiger partial charge in [-0.05, 0) is 39.0 Å². The molecule has 9 nitrogen and oxygen atoms in total. The molecule has 0 radical (unpaired) electrons. The van der Waals surface area contributed by atoms with Gasteiger partial charge in [0, 0.05) is 25.2 Å². The maximum absolute atomic E-state index is 12.8. The topological polar surface area (TPSA) is 109 Å². The summed E-state index contributed by atoms with van der Waals surface area (Å²) in [5.74, 6) is -0.144. The van der Waals surface area contributed by atoms with Crippen LogP contribution in [0, 0.1) is 5.92 Å². The van der Waals surface area contributed by atoms with E-state index in [-0.39, 0.29) is 35.9 Å². The zero-order valence-corrected chi connectivity index (χ0v) is 18.2. The quantitative estimate of drug-likeness (QED) is 0.682. The second kappa shape index (κ2) is 8.71. The van der Waals surface area contributed by atoms with Crippen molar-refractivity contribution in [3.63, 3.8) is 0 Å². The monoisotopic (exact) mass is 432 g/mol. The first-order valence-electron chi connectivity index (χ1n) is 10.6. The average molecular weight is 433 g/mol. The van der Waals surface area contributed by atoms with Crippen LogP contribution in [-0.4, -0.2) is 51.5 Å². The number of nitrogens with zero attached hydrogens (tertiary/aromatic N) is 4. The van der Waals surface area contributed by atoms with E-state index in [0.29, 0.717) is 28.1 Å². The molecule has 0 unspecified atom stereocenters. The Kier molecular flexibility index (Phi) is 6.03. The summed E-state index contributed by atoms with van der Waals surface area (Å²) in [4.78, 5) is 48.3. The Morgan fingerprint density at radius 3 is 2.87 bits per heavy atom. The van der Waals surface area contributed by atoms with Crippen LogP contribution < -0.4 is 21.1 Å². The minimum atomic E-state index is -0.261. The molecule has 2 N–H and O–H groups in total. The zero-order valence-electron chi connectivity index (χ0n) is 17.4. The predicted molar refractivity (Wildman–Crippen MR) is 116 cm³/mol.